The minimum atomic E-state index is -4.57. The van der Waals surface area contributed by atoms with Crippen molar-refractivity contribution < 1.29 is 31.8 Å². The zero-order valence-corrected chi connectivity index (χ0v) is 15.8. The van der Waals surface area contributed by atoms with Crippen molar-refractivity contribution in [2.75, 3.05) is 18.5 Å². The van der Waals surface area contributed by atoms with Crippen LogP contribution in [-0.4, -0.2) is 36.3 Å². The quantitative estimate of drug-likeness (QED) is 0.715. The molecule has 0 aliphatic carbocycles. The normalized spacial score (nSPS) is 18.9. The molecule has 1 atom stereocenters. The molecule has 160 valence electrons. The van der Waals surface area contributed by atoms with Gasteiger partial charge >= 0.3 is 6.18 Å². The highest BCUT2D eigenvalue weighted by Gasteiger charge is 2.33. The number of hydrogen-bond donors (Lipinski definition) is 2. The predicted octanol–water partition coefficient (Wildman–Crippen LogP) is 3.36. The lowest BCUT2D eigenvalue weighted by Crippen LogP contribution is -2.34. The van der Waals surface area contributed by atoms with Gasteiger partial charge in [0.05, 0.1) is 12.1 Å². The maximum Gasteiger partial charge on any atom is 0.422 e. The Kier molecular flexibility index (Phi) is 5.81. The second-order valence-electron chi connectivity index (χ2n) is 6.73. The molecule has 1 amide bonds. The van der Waals surface area contributed by atoms with Gasteiger partial charge in [0, 0.05) is 23.9 Å². The van der Waals surface area contributed by atoms with E-state index in [4.69, 9.17) is 10.5 Å². The fraction of sp³-hybridized carbons (Fsp3) is 0.316. The molecule has 2 heterocycles. The molecule has 2 aromatic rings. The van der Waals surface area contributed by atoms with E-state index in [0.29, 0.717) is 6.42 Å². The second-order valence-corrected chi connectivity index (χ2v) is 6.73. The smallest absolute Gasteiger partial charge is 0.422 e. The summed E-state index contributed by atoms with van der Waals surface area (Å²) >= 11 is 0. The first-order valence-corrected chi connectivity index (χ1v) is 8.81. The van der Waals surface area contributed by atoms with Gasteiger partial charge in [-0.2, -0.15) is 13.2 Å². The van der Waals surface area contributed by atoms with Crippen LogP contribution in [-0.2, 0) is 10.3 Å². The van der Waals surface area contributed by atoms with Crippen LogP contribution in [0.3, 0.4) is 0 Å². The number of hydrogen-bond acceptors (Lipinski definition) is 6. The van der Waals surface area contributed by atoms with E-state index in [2.05, 4.69) is 20.0 Å². The molecule has 0 saturated carbocycles. The summed E-state index contributed by atoms with van der Waals surface area (Å²) in [5.41, 5.74) is 4.64. The first kappa shape index (κ1) is 21.3. The first-order valence-electron chi connectivity index (χ1n) is 8.81. The highest BCUT2D eigenvalue weighted by atomic mass is 19.4. The van der Waals surface area contributed by atoms with E-state index in [9.17, 15) is 22.4 Å². The maximum atomic E-state index is 14.5. The molecule has 0 spiro atoms. The Morgan fingerprint density at radius 2 is 2.13 bits per heavy atom. The zero-order chi connectivity index (χ0) is 21.9. The highest BCUT2D eigenvalue weighted by molar-refractivity contribution is 6.04. The van der Waals surface area contributed by atoms with E-state index in [0.717, 1.165) is 6.07 Å². The van der Waals surface area contributed by atoms with E-state index in [1.54, 1.807) is 6.92 Å². The zero-order valence-electron chi connectivity index (χ0n) is 15.8. The van der Waals surface area contributed by atoms with Gasteiger partial charge < -0.3 is 20.5 Å². The largest absolute Gasteiger partial charge is 0.482 e. The molecular weight excluding hydrogens is 408 g/mol. The monoisotopic (exact) mass is 426 g/mol. The third kappa shape index (κ3) is 4.97. The van der Waals surface area contributed by atoms with E-state index in [1.165, 1.54) is 30.5 Å². The predicted molar refractivity (Wildman–Crippen MR) is 99.7 cm³/mol. The minimum absolute atomic E-state index is 0.0717. The van der Waals surface area contributed by atoms with Crippen molar-refractivity contribution >= 4 is 17.6 Å². The number of nitrogens with zero attached hydrogens (tertiary/aromatic N) is 2. The van der Waals surface area contributed by atoms with Gasteiger partial charge in [-0.3, -0.25) is 4.79 Å². The molecule has 0 saturated heterocycles. The average Bonchev–Trinajstić information content (AvgIpc) is 2.67. The number of anilines is 1. The summed E-state index contributed by atoms with van der Waals surface area (Å²) < 4.78 is 61.5. The number of aromatic nitrogens is 1. The van der Waals surface area contributed by atoms with Crippen LogP contribution in [0.5, 0.6) is 5.75 Å². The summed E-state index contributed by atoms with van der Waals surface area (Å²) in [4.78, 5) is 20.5. The lowest BCUT2D eigenvalue weighted by atomic mass is 9.88. The standard InChI is InChI=1S/C19H18F4N4O3/c1-18(6-8-29-17(24)27-18)12-9-11(4-5-13(12)20)26-16(28)15-14(3-2-7-25-15)30-10-19(21,22)23/h2-5,7,9H,6,8,10H2,1H3,(H2,24,27)(H,26,28)/t18-/m0/s1. The summed E-state index contributed by atoms with van der Waals surface area (Å²) in [6.07, 6.45) is -2.97. The van der Waals surface area contributed by atoms with Gasteiger partial charge in [-0.25, -0.2) is 14.4 Å². The lowest BCUT2D eigenvalue weighted by Gasteiger charge is -2.30. The number of alkyl halides is 3. The number of aliphatic imine (C=N–C) groups is 1. The Balaban J connectivity index is 1.84. The van der Waals surface area contributed by atoms with Crippen molar-refractivity contribution in [2.45, 2.75) is 25.1 Å². The number of nitrogens with two attached hydrogens (primary N) is 1. The summed E-state index contributed by atoms with van der Waals surface area (Å²) in [5, 5.41) is 2.49. The van der Waals surface area contributed by atoms with Gasteiger partial charge in [0.25, 0.3) is 11.9 Å². The average molecular weight is 426 g/mol. The Morgan fingerprint density at radius 3 is 2.83 bits per heavy atom. The van der Waals surface area contributed by atoms with Gasteiger partial charge in [-0.15, -0.1) is 0 Å². The molecule has 0 bridgehead atoms. The number of carbonyl (C=O) groups excluding carboxylic acids is 1. The topological polar surface area (TPSA) is 98.8 Å². The van der Waals surface area contributed by atoms with Crippen LogP contribution in [0, 0.1) is 5.82 Å². The minimum Gasteiger partial charge on any atom is -0.482 e. The van der Waals surface area contributed by atoms with Crippen molar-refractivity contribution in [2.24, 2.45) is 10.7 Å². The molecular formula is C19H18F4N4O3. The van der Waals surface area contributed by atoms with Crippen LogP contribution in [0.4, 0.5) is 23.2 Å². The van der Waals surface area contributed by atoms with E-state index in [1.807, 2.05) is 0 Å². The van der Waals surface area contributed by atoms with Crippen LogP contribution in [0.25, 0.3) is 0 Å². The first-order chi connectivity index (χ1) is 14.1. The highest BCUT2D eigenvalue weighted by Crippen LogP contribution is 2.35. The lowest BCUT2D eigenvalue weighted by molar-refractivity contribution is -0.153. The molecule has 1 aliphatic heterocycles. The van der Waals surface area contributed by atoms with Gasteiger partial charge in [-0.05, 0) is 37.3 Å². The molecule has 1 aromatic heterocycles. The van der Waals surface area contributed by atoms with Gasteiger partial charge in [0.15, 0.2) is 18.1 Å². The molecule has 0 unspecified atom stereocenters. The summed E-state index contributed by atoms with van der Waals surface area (Å²) in [7, 11) is 0. The molecule has 3 rings (SSSR count). The van der Waals surface area contributed by atoms with Crippen molar-refractivity contribution in [3.63, 3.8) is 0 Å². The van der Waals surface area contributed by atoms with Crippen LogP contribution in [0.15, 0.2) is 41.5 Å². The summed E-state index contributed by atoms with van der Waals surface area (Å²) in [6.45, 7) is 0.351. The van der Waals surface area contributed by atoms with E-state index >= 15 is 0 Å². The Morgan fingerprint density at radius 1 is 1.37 bits per heavy atom. The van der Waals surface area contributed by atoms with Crippen LogP contribution >= 0.6 is 0 Å². The molecule has 3 N–H and O–H groups in total. The van der Waals surface area contributed by atoms with Gasteiger partial charge in [-0.1, -0.05) is 0 Å². The number of rotatable bonds is 5. The Hall–Kier alpha value is -3.37. The van der Waals surface area contributed by atoms with Crippen LogP contribution in [0.1, 0.15) is 29.4 Å². The van der Waals surface area contributed by atoms with Crippen molar-refractivity contribution in [3.05, 3.63) is 53.6 Å². The SMILES string of the molecule is C[C@@]1(c2cc(NC(=O)c3ncccc3OCC(F)(F)F)ccc2F)CCOC(N)=N1. The van der Waals surface area contributed by atoms with E-state index in [-0.39, 0.29) is 35.3 Å². The number of carbonyl (C=O) groups is 1. The number of ether oxygens (including phenoxy) is 2. The number of pyridine rings is 1. The molecule has 0 radical (unpaired) electrons. The fourth-order valence-electron chi connectivity index (χ4n) is 2.92. The van der Waals surface area contributed by atoms with Gasteiger partial charge in [0.2, 0.25) is 0 Å². The number of amidine groups is 1. The number of amides is 1. The number of halogens is 4. The molecule has 11 heteroatoms. The van der Waals surface area contributed by atoms with Crippen LogP contribution < -0.4 is 15.8 Å². The Labute approximate surface area is 168 Å². The molecule has 0 fully saturated rings. The third-order valence-electron chi connectivity index (χ3n) is 4.38. The summed E-state index contributed by atoms with van der Waals surface area (Å²) in [5.74, 6) is -1.70. The van der Waals surface area contributed by atoms with E-state index < -0.39 is 30.0 Å². The second kappa shape index (κ2) is 8.17. The number of benzene rings is 1. The van der Waals surface area contributed by atoms with Gasteiger partial charge in [0.1, 0.15) is 5.82 Å². The third-order valence-corrected chi connectivity index (χ3v) is 4.38. The molecule has 30 heavy (non-hydrogen) atoms. The summed E-state index contributed by atoms with van der Waals surface area (Å²) in [6, 6.07) is 6.31. The maximum absolute atomic E-state index is 14.5. The van der Waals surface area contributed by atoms with Crippen molar-refractivity contribution in [3.8, 4) is 5.75 Å². The molecule has 1 aliphatic rings. The Bertz CT molecular complexity index is 980. The van der Waals surface area contributed by atoms with Crippen molar-refractivity contribution in [1.82, 2.24) is 4.98 Å². The fourth-order valence-corrected chi connectivity index (χ4v) is 2.92. The molecule has 1 aromatic carbocycles. The number of nitrogens with one attached hydrogen (secondary N) is 1. The molecule has 7 nitrogen and oxygen atoms in total. The van der Waals surface area contributed by atoms with Crippen LogP contribution in [0.2, 0.25) is 0 Å². The van der Waals surface area contributed by atoms with Crippen molar-refractivity contribution in [1.29, 1.82) is 0 Å².